The van der Waals surface area contributed by atoms with E-state index in [9.17, 15) is 0 Å². The summed E-state index contributed by atoms with van der Waals surface area (Å²) in [6.45, 7) is 18.6. The standard InChI is InChI=1S/C7H5N.3C2H6.2CH4/c1-8-7-5-3-2-4-6-7;3*1-2;;/h2-6H;3*1-2H3;2*1H4/i2D;;;;;. The average Bonchev–Trinajstić information content (AvgIpc) is 2.38. The second kappa shape index (κ2) is 37.3. The molecule has 0 saturated carbocycles. The molecule has 0 amide bonds. The molecule has 1 aromatic rings. The number of para-hydroxylation sites is 1. The fraction of sp³-hybridized carbons (Fsp3) is 0.533. The van der Waals surface area contributed by atoms with E-state index in [0.717, 1.165) is 0 Å². The highest BCUT2D eigenvalue weighted by molar-refractivity contribution is 5.42. The Bertz CT molecular complexity index is 234. The van der Waals surface area contributed by atoms with Crippen molar-refractivity contribution in [2.24, 2.45) is 0 Å². The fourth-order valence-corrected chi connectivity index (χ4v) is 0.453. The molecule has 0 aliphatic carbocycles. The van der Waals surface area contributed by atoms with Crippen LogP contribution in [0.3, 0.4) is 0 Å². The van der Waals surface area contributed by atoms with Gasteiger partial charge in [-0.05, 0) is 0 Å². The lowest BCUT2D eigenvalue weighted by molar-refractivity contribution is 1.50. The summed E-state index contributed by atoms with van der Waals surface area (Å²) < 4.78 is 7.06. The van der Waals surface area contributed by atoms with Gasteiger partial charge in [-0.3, -0.25) is 0 Å². The van der Waals surface area contributed by atoms with Gasteiger partial charge in [-0.15, -0.1) is 0 Å². The molecule has 0 aliphatic heterocycles. The van der Waals surface area contributed by atoms with Crippen molar-refractivity contribution in [2.75, 3.05) is 0 Å². The summed E-state index contributed by atoms with van der Waals surface area (Å²) >= 11 is 0. The fourth-order valence-electron chi connectivity index (χ4n) is 0.453. The first-order valence-electron chi connectivity index (χ1n) is 5.77. The summed E-state index contributed by atoms with van der Waals surface area (Å²) in [7, 11) is 0. The molecule has 0 aliphatic rings. The van der Waals surface area contributed by atoms with E-state index >= 15 is 0 Å². The lowest BCUT2D eigenvalue weighted by Crippen LogP contribution is -1.54. The van der Waals surface area contributed by atoms with E-state index in [2.05, 4.69) is 4.85 Å². The van der Waals surface area contributed by atoms with Gasteiger partial charge in [0.05, 0.1) is 7.94 Å². The molecule has 96 valence electrons. The second-order valence-electron chi connectivity index (χ2n) is 1.37. The molecular weight excluding hydrogens is 194 g/mol. The minimum absolute atomic E-state index is 0. The first-order valence-corrected chi connectivity index (χ1v) is 5.27. The SMILES string of the molecule is C.C.CC.CC.CC.[2H]c1ccc([N+]#[C-])cc1. The first kappa shape index (κ1) is 24.1. The van der Waals surface area contributed by atoms with Gasteiger partial charge in [0.25, 0.3) is 0 Å². The maximum absolute atomic E-state index is 7.06. The Balaban J connectivity index is -0.0000000530. The third-order valence-corrected chi connectivity index (χ3v) is 0.830. The van der Waals surface area contributed by atoms with Crippen molar-refractivity contribution in [3.05, 3.63) is 41.7 Å². The maximum Gasteiger partial charge on any atom is 0.187 e. The van der Waals surface area contributed by atoms with Gasteiger partial charge in [0.1, 0.15) is 0 Å². The molecule has 1 heteroatoms. The highest BCUT2D eigenvalue weighted by atomic mass is 14.6. The summed E-state index contributed by atoms with van der Waals surface area (Å²) in [6, 6.07) is 6.92. The number of nitrogens with zero attached hydrogens (tertiary/aromatic N) is 1. The first-order chi connectivity index (χ1) is 7.33. The molecule has 0 unspecified atom stereocenters. The quantitative estimate of drug-likeness (QED) is 0.440. The van der Waals surface area contributed by atoms with Crippen molar-refractivity contribution < 1.29 is 1.37 Å². The van der Waals surface area contributed by atoms with E-state index in [-0.39, 0.29) is 14.9 Å². The van der Waals surface area contributed by atoms with Gasteiger partial charge in [-0.2, -0.15) is 0 Å². The van der Waals surface area contributed by atoms with E-state index in [1.54, 1.807) is 24.3 Å². The molecule has 1 rings (SSSR count). The highest BCUT2D eigenvalue weighted by Gasteiger charge is 1.79. The van der Waals surface area contributed by atoms with Crippen LogP contribution in [0.25, 0.3) is 4.85 Å². The van der Waals surface area contributed by atoms with Crippen LogP contribution >= 0.6 is 0 Å². The number of hydrogen-bond acceptors (Lipinski definition) is 0. The van der Waals surface area contributed by atoms with Crippen LogP contribution in [0, 0.1) is 6.57 Å². The molecule has 0 fully saturated rings. The van der Waals surface area contributed by atoms with Crippen LogP contribution in [0.15, 0.2) is 30.3 Å². The van der Waals surface area contributed by atoms with Gasteiger partial charge in [0, 0.05) is 0 Å². The zero-order chi connectivity index (χ0) is 12.7. The average molecular weight is 226 g/mol. The van der Waals surface area contributed by atoms with Gasteiger partial charge in [-0.25, -0.2) is 4.85 Å². The number of benzene rings is 1. The summed E-state index contributed by atoms with van der Waals surface area (Å²) in [4.78, 5) is 3.18. The van der Waals surface area contributed by atoms with Crippen molar-refractivity contribution in [1.82, 2.24) is 0 Å². The predicted molar refractivity (Wildman–Crippen MR) is 80.2 cm³/mol. The van der Waals surface area contributed by atoms with Gasteiger partial charge in [0.15, 0.2) is 5.69 Å². The molecule has 0 heterocycles. The molecule has 0 N–H and O–H groups in total. The normalized spacial score (nSPS) is 5.94. The highest BCUT2D eigenvalue weighted by Crippen LogP contribution is 2.07. The Kier molecular flexibility index (Phi) is 56.1. The Hall–Kier alpha value is -1.29. The van der Waals surface area contributed by atoms with Gasteiger partial charge in [0.2, 0.25) is 0 Å². The van der Waals surface area contributed by atoms with Crippen molar-refractivity contribution >= 4 is 5.69 Å². The zero-order valence-corrected chi connectivity index (χ0v) is 10.3. The Morgan fingerprint density at radius 3 is 1.50 bits per heavy atom. The number of hydrogen-bond donors (Lipinski definition) is 0. The van der Waals surface area contributed by atoms with Crippen LogP contribution in [0.2, 0.25) is 0 Å². The molecule has 1 aromatic carbocycles. The van der Waals surface area contributed by atoms with E-state index in [4.69, 9.17) is 7.94 Å². The molecular formula is C15H31N. The maximum atomic E-state index is 7.06. The molecule has 0 spiro atoms. The molecule has 0 radical (unpaired) electrons. The zero-order valence-electron chi connectivity index (χ0n) is 11.3. The molecule has 0 bridgehead atoms. The van der Waals surface area contributed by atoms with E-state index in [0.29, 0.717) is 11.7 Å². The monoisotopic (exact) mass is 226 g/mol. The molecule has 1 nitrogen and oxygen atoms in total. The largest absolute Gasteiger partial charge is 0.238 e. The lowest BCUT2D eigenvalue weighted by atomic mass is 10.3. The van der Waals surface area contributed by atoms with Crippen LogP contribution in [-0.4, -0.2) is 0 Å². The van der Waals surface area contributed by atoms with Crippen LogP contribution in [0.5, 0.6) is 0 Å². The Morgan fingerprint density at radius 2 is 1.25 bits per heavy atom. The van der Waals surface area contributed by atoms with Crippen LogP contribution in [-0.2, 0) is 0 Å². The third-order valence-electron chi connectivity index (χ3n) is 0.830. The van der Waals surface area contributed by atoms with Crippen molar-refractivity contribution in [3.63, 3.8) is 0 Å². The van der Waals surface area contributed by atoms with E-state index in [1.165, 1.54) is 0 Å². The van der Waals surface area contributed by atoms with E-state index < -0.39 is 0 Å². The predicted octanol–water partition coefficient (Wildman–Crippen LogP) is 6.59. The topological polar surface area (TPSA) is 4.36 Å². The van der Waals surface area contributed by atoms with Crippen molar-refractivity contribution in [3.8, 4) is 0 Å². The van der Waals surface area contributed by atoms with Gasteiger partial charge >= 0.3 is 0 Å². The smallest absolute Gasteiger partial charge is 0.187 e. The van der Waals surface area contributed by atoms with Crippen molar-refractivity contribution in [2.45, 2.75) is 56.4 Å². The molecule has 16 heavy (non-hydrogen) atoms. The van der Waals surface area contributed by atoms with Crippen LogP contribution < -0.4 is 0 Å². The second-order valence-corrected chi connectivity index (χ2v) is 1.37. The number of rotatable bonds is 0. The third kappa shape index (κ3) is 23.0. The summed E-state index contributed by atoms with van der Waals surface area (Å²) in [5.41, 5.74) is 0.589. The minimum atomic E-state index is 0. The molecule has 0 atom stereocenters. The van der Waals surface area contributed by atoms with E-state index in [1.807, 2.05) is 41.5 Å². The minimum Gasteiger partial charge on any atom is -0.238 e. The van der Waals surface area contributed by atoms with Gasteiger partial charge in [-0.1, -0.05) is 86.7 Å². The van der Waals surface area contributed by atoms with Crippen LogP contribution in [0.1, 0.15) is 57.8 Å². The van der Waals surface area contributed by atoms with Crippen LogP contribution in [0.4, 0.5) is 5.69 Å². The Morgan fingerprint density at radius 1 is 0.938 bits per heavy atom. The van der Waals surface area contributed by atoms with Gasteiger partial charge < -0.3 is 0 Å². The lowest BCUT2D eigenvalue weighted by Gasteiger charge is -1.80. The van der Waals surface area contributed by atoms with Crippen molar-refractivity contribution in [1.29, 1.82) is 0 Å². The summed E-state index contributed by atoms with van der Waals surface area (Å²) in [6.07, 6.45) is 0. The summed E-state index contributed by atoms with van der Waals surface area (Å²) in [5, 5.41) is 0. The Labute approximate surface area is 106 Å². The molecule has 0 saturated heterocycles. The molecule has 0 aromatic heterocycles. The summed E-state index contributed by atoms with van der Waals surface area (Å²) in [5.74, 6) is 0.